The molecule has 0 spiro atoms. The fourth-order valence-electron chi connectivity index (χ4n) is 2.38. The van der Waals surface area contributed by atoms with Crippen LogP contribution in [0.1, 0.15) is 12.7 Å². The van der Waals surface area contributed by atoms with Crippen molar-refractivity contribution < 1.29 is 23.5 Å². The van der Waals surface area contributed by atoms with Crippen molar-refractivity contribution in [1.29, 1.82) is 0 Å². The van der Waals surface area contributed by atoms with Gasteiger partial charge in [0.1, 0.15) is 18.1 Å². The molecular weight excluding hydrogens is 413 g/mol. The van der Waals surface area contributed by atoms with E-state index >= 15 is 0 Å². The monoisotopic (exact) mass is 425 g/mol. The van der Waals surface area contributed by atoms with Crippen molar-refractivity contribution in [2.24, 2.45) is 0 Å². The van der Waals surface area contributed by atoms with Crippen LogP contribution in [0.4, 0.5) is 4.79 Å². The molecular formula is C18H13Cl2NO5S. The van der Waals surface area contributed by atoms with E-state index in [9.17, 15) is 14.4 Å². The Morgan fingerprint density at radius 1 is 1.22 bits per heavy atom. The van der Waals surface area contributed by atoms with Crippen LogP contribution in [0.25, 0.3) is 17.4 Å². The highest BCUT2D eigenvalue weighted by Gasteiger charge is 2.36. The summed E-state index contributed by atoms with van der Waals surface area (Å²) in [5.74, 6) is -0.319. The summed E-state index contributed by atoms with van der Waals surface area (Å²) in [6.07, 6.45) is 1.45. The second-order valence-corrected chi connectivity index (χ2v) is 7.30. The number of furan rings is 1. The first-order chi connectivity index (χ1) is 12.9. The maximum atomic E-state index is 12.4. The molecule has 0 saturated carbocycles. The third kappa shape index (κ3) is 4.55. The van der Waals surface area contributed by atoms with Crippen molar-refractivity contribution in [2.45, 2.75) is 6.92 Å². The molecule has 2 amide bonds. The summed E-state index contributed by atoms with van der Waals surface area (Å²) in [6, 6.07) is 8.36. The third-order valence-electron chi connectivity index (χ3n) is 3.51. The van der Waals surface area contributed by atoms with Crippen LogP contribution in [0.3, 0.4) is 0 Å². The smallest absolute Gasteiger partial charge is 0.326 e. The van der Waals surface area contributed by atoms with Gasteiger partial charge in [-0.3, -0.25) is 19.3 Å². The van der Waals surface area contributed by atoms with Crippen molar-refractivity contribution in [3.63, 3.8) is 0 Å². The molecule has 0 atom stereocenters. The van der Waals surface area contributed by atoms with Gasteiger partial charge in [-0.25, -0.2) is 0 Å². The van der Waals surface area contributed by atoms with Gasteiger partial charge in [0.15, 0.2) is 0 Å². The number of ether oxygens (including phenoxy) is 1. The summed E-state index contributed by atoms with van der Waals surface area (Å²) in [6.45, 7) is 1.40. The lowest BCUT2D eigenvalue weighted by molar-refractivity contribution is -0.145. The highest BCUT2D eigenvalue weighted by molar-refractivity contribution is 8.18. The van der Waals surface area contributed by atoms with E-state index in [-0.39, 0.29) is 11.5 Å². The van der Waals surface area contributed by atoms with Crippen LogP contribution in [-0.2, 0) is 14.3 Å². The minimum Gasteiger partial charge on any atom is -0.465 e. The Labute approximate surface area is 169 Å². The largest absolute Gasteiger partial charge is 0.465 e. The van der Waals surface area contributed by atoms with Crippen LogP contribution in [-0.4, -0.2) is 35.2 Å². The van der Waals surface area contributed by atoms with Crippen molar-refractivity contribution in [3.8, 4) is 11.3 Å². The van der Waals surface area contributed by atoms with E-state index in [2.05, 4.69) is 0 Å². The summed E-state index contributed by atoms with van der Waals surface area (Å²) in [7, 11) is 0. The maximum Gasteiger partial charge on any atom is 0.326 e. The molecule has 0 N–H and O–H groups in total. The van der Waals surface area contributed by atoms with Crippen LogP contribution >= 0.6 is 35.0 Å². The van der Waals surface area contributed by atoms with Crippen LogP contribution < -0.4 is 0 Å². The number of esters is 1. The van der Waals surface area contributed by atoms with Crippen LogP contribution in [0.15, 0.2) is 39.7 Å². The van der Waals surface area contributed by atoms with Gasteiger partial charge >= 0.3 is 5.97 Å². The number of carbonyl (C=O) groups excluding carboxylic acids is 3. The second-order valence-electron chi connectivity index (χ2n) is 5.43. The van der Waals surface area contributed by atoms with E-state index in [4.69, 9.17) is 32.4 Å². The van der Waals surface area contributed by atoms with Gasteiger partial charge in [-0.2, -0.15) is 0 Å². The first-order valence-corrected chi connectivity index (χ1v) is 9.42. The predicted molar refractivity (Wildman–Crippen MR) is 103 cm³/mol. The fraction of sp³-hybridized carbons (Fsp3) is 0.167. The van der Waals surface area contributed by atoms with E-state index in [0.29, 0.717) is 27.1 Å². The number of nitrogens with zero attached hydrogens (tertiary/aromatic N) is 1. The summed E-state index contributed by atoms with van der Waals surface area (Å²) >= 11 is 12.7. The Morgan fingerprint density at radius 3 is 2.59 bits per heavy atom. The lowest BCUT2D eigenvalue weighted by Gasteiger charge is -2.10. The highest BCUT2D eigenvalue weighted by Crippen LogP contribution is 2.34. The molecule has 2 aromatic rings. The van der Waals surface area contributed by atoms with Crippen molar-refractivity contribution in [1.82, 2.24) is 4.90 Å². The fourth-order valence-corrected chi connectivity index (χ4v) is 3.73. The molecule has 1 fully saturated rings. The Morgan fingerprint density at radius 2 is 1.93 bits per heavy atom. The van der Waals surface area contributed by atoms with Gasteiger partial charge < -0.3 is 9.15 Å². The zero-order valence-electron chi connectivity index (χ0n) is 14.0. The number of amides is 2. The van der Waals surface area contributed by atoms with E-state index < -0.39 is 23.7 Å². The topological polar surface area (TPSA) is 76.8 Å². The molecule has 9 heteroatoms. The van der Waals surface area contributed by atoms with Gasteiger partial charge in [-0.15, -0.1) is 0 Å². The lowest BCUT2D eigenvalue weighted by Crippen LogP contribution is -2.34. The molecule has 1 aromatic carbocycles. The van der Waals surface area contributed by atoms with E-state index in [1.807, 2.05) is 0 Å². The Bertz CT molecular complexity index is 933. The van der Waals surface area contributed by atoms with Gasteiger partial charge in [0.2, 0.25) is 0 Å². The quantitative estimate of drug-likeness (QED) is 0.503. The Balaban J connectivity index is 1.79. The number of halogens is 2. The molecule has 6 nitrogen and oxygen atoms in total. The van der Waals surface area contributed by atoms with Crippen LogP contribution in [0, 0.1) is 0 Å². The lowest BCUT2D eigenvalue weighted by atomic mass is 10.2. The third-order valence-corrected chi connectivity index (χ3v) is 4.86. The molecule has 1 saturated heterocycles. The van der Waals surface area contributed by atoms with Gasteiger partial charge in [-0.05, 0) is 49.0 Å². The molecule has 0 aliphatic carbocycles. The Hall–Kier alpha value is -2.22. The summed E-state index contributed by atoms with van der Waals surface area (Å²) < 4.78 is 10.5. The van der Waals surface area contributed by atoms with Crippen LogP contribution in [0.5, 0.6) is 0 Å². The van der Waals surface area contributed by atoms with Crippen molar-refractivity contribution in [3.05, 3.63) is 51.0 Å². The first-order valence-electron chi connectivity index (χ1n) is 7.84. The predicted octanol–water partition coefficient (Wildman–Crippen LogP) is 4.85. The number of hydrogen-bond donors (Lipinski definition) is 0. The van der Waals surface area contributed by atoms with Gasteiger partial charge in [0.25, 0.3) is 11.1 Å². The van der Waals surface area contributed by atoms with Crippen molar-refractivity contribution >= 4 is 58.2 Å². The van der Waals surface area contributed by atoms with Gasteiger partial charge in [0.05, 0.1) is 11.5 Å². The van der Waals surface area contributed by atoms with Crippen molar-refractivity contribution in [2.75, 3.05) is 13.2 Å². The summed E-state index contributed by atoms with van der Waals surface area (Å²) in [4.78, 5) is 36.9. The van der Waals surface area contributed by atoms with Gasteiger partial charge in [0, 0.05) is 21.7 Å². The zero-order valence-corrected chi connectivity index (χ0v) is 16.4. The molecule has 1 aliphatic rings. The average molecular weight is 426 g/mol. The number of rotatable bonds is 5. The number of hydrogen-bond acceptors (Lipinski definition) is 6. The molecule has 0 bridgehead atoms. The average Bonchev–Trinajstić information content (AvgIpc) is 3.15. The van der Waals surface area contributed by atoms with E-state index in [0.717, 1.165) is 16.7 Å². The number of thioether (sulfide) groups is 1. The second kappa shape index (κ2) is 8.21. The molecule has 3 rings (SSSR count). The summed E-state index contributed by atoms with van der Waals surface area (Å²) in [5.41, 5.74) is 0.683. The highest BCUT2D eigenvalue weighted by atomic mass is 35.5. The SMILES string of the molecule is CCOC(=O)CN1C(=O)S/C(=C\c2ccc(-c3cc(Cl)cc(Cl)c3)o2)C1=O. The standard InChI is InChI=1S/C18H13Cl2NO5S/c1-2-25-16(22)9-21-17(23)15(27-18(21)24)8-13-3-4-14(26-13)10-5-11(19)7-12(20)6-10/h3-8H,2,9H2,1H3/b15-8-. The van der Waals surface area contributed by atoms with E-state index in [1.54, 1.807) is 37.3 Å². The molecule has 1 aliphatic heterocycles. The minimum absolute atomic E-state index is 0.161. The number of imide groups is 1. The first kappa shape index (κ1) is 19.5. The minimum atomic E-state index is -0.640. The molecule has 0 unspecified atom stereocenters. The summed E-state index contributed by atoms with van der Waals surface area (Å²) in [5, 5.41) is 0.402. The molecule has 0 radical (unpaired) electrons. The Kier molecular flexibility index (Phi) is 5.94. The number of benzene rings is 1. The zero-order chi connectivity index (χ0) is 19.6. The maximum absolute atomic E-state index is 12.4. The molecule has 27 heavy (non-hydrogen) atoms. The van der Waals surface area contributed by atoms with Gasteiger partial charge in [-0.1, -0.05) is 23.2 Å². The molecule has 140 valence electrons. The molecule has 2 heterocycles. The molecule has 1 aromatic heterocycles. The normalized spacial score (nSPS) is 15.7. The van der Waals surface area contributed by atoms with Crippen LogP contribution in [0.2, 0.25) is 10.0 Å². The number of carbonyl (C=O) groups is 3. The van der Waals surface area contributed by atoms with E-state index in [1.165, 1.54) is 6.08 Å².